The molecule has 1 aliphatic heterocycles. The molecule has 1 aromatic heterocycles. The van der Waals surface area contributed by atoms with Gasteiger partial charge in [-0.3, -0.25) is 9.78 Å². The molecule has 40 heavy (non-hydrogen) atoms. The number of hydrogen-bond donors (Lipinski definition) is 0. The van der Waals surface area contributed by atoms with Gasteiger partial charge in [-0.2, -0.15) is 5.26 Å². The fourth-order valence-corrected chi connectivity index (χ4v) is 5.55. The highest BCUT2D eigenvalue weighted by Crippen LogP contribution is 2.39. The average molecular weight is 575 g/mol. The Bertz CT molecular complexity index is 1330. The van der Waals surface area contributed by atoms with Gasteiger partial charge < -0.3 is 9.64 Å². The molecule has 0 spiro atoms. The number of carbonyl (C=O) groups is 1. The van der Waals surface area contributed by atoms with Crippen LogP contribution in [-0.4, -0.2) is 35.5 Å². The average Bonchev–Trinajstić information content (AvgIpc) is 3.00. The first kappa shape index (κ1) is 30.8. The van der Waals surface area contributed by atoms with Crippen molar-refractivity contribution in [1.82, 2.24) is 9.88 Å². The smallest absolute Gasteiger partial charge is 0.322 e. The first-order chi connectivity index (χ1) is 18.7. The summed E-state index contributed by atoms with van der Waals surface area (Å²) in [4.78, 5) is 20.1. The second-order valence-corrected chi connectivity index (χ2v) is 9.87. The number of aromatic nitrogens is 1. The van der Waals surface area contributed by atoms with Crippen molar-refractivity contribution in [3.63, 3.8) is 0 Å². The van der Waals surface area contributed by atoms with Crippen LogP contribution in [0, 0.1) is 11.3 Å². The van der Waals surface area contributed by atoms with E-state index in [1.165, 1.54) is 0 Å². The molecule has 5 nitrogen and oxygen atoms in total. The highest BCUT2D eigenvalue weighted by Gasteiger charge is 2.45. The quantitative estimate of drug-likeness (QED) is 0.218. The molecule has 2 heterocycles. The summed E-state index contributed by atoms with van der Waals surface area (Å²) in [6.45, 7) is 2.23. The van der Waals surface area contributed by atoms with Crippen molar-refractivity contribution < 1.29 is 9.53 Å². The number of carbonyl (C=O) groups excluding carboxylic acids is 1. The lowest BCUT2D eigenvalue weighted by molar-refractivity contribution is -0.143. The number of nitrogens with zero attached hydrogens (tertiary/aromatic N) is 3. The van der Waals surface area contributed by atoms with Crippen LogP contribution in [0.1, 0.15) is 36.0 Å². The number of likely N-dealkylation sites (tertiary alicyclic amines) is 1. The van der Waals surface area contributed by atoms with E-state index in [0.717, 1.165) is 36.3 Å². The first-order valence-corrected chi connectivity index (χ1v) is 13.1. The van der Waals surface area contributed by atoms with Crippen LogP contribution >= 0.6 is 24.8 Å². The normalized spacial score (nSPS) is 14.6. The van der Waals surface area contributed by atoms with Crippen LogP contribution in [0.4, 0.5) is 0 Å². The molecule has 0 N–H and O–H groups in total. The molecule has 0 atom stereocenters. The molecule has 0 aliphatic carbocycles. The lowest BCUT2D eigenvalue weighted by atomic mass is 9.71. The zero-order valence-electron chi connectivity index (χ0n) is 22.2. The van der Waals surface area contributed by atoms with Crippen molar-refractivity contribution in [2.45, 2.75) is 30.1 Å². The highest BCUT2D eigenvalue weighted by atomic mass is 35.5. The van der Waals surface area contributed by atoms with Crippen LogP contribution in [0.3, 0.4) is 0 Å². The van der Waals surface area contributed by atoms with E-state index in [4.69, 9.17) is 4.74 Å². The Morgan fingerprint density at radius 2 is 1.40 bits per heavy atom. The van der Waals surface area contributed by atoms with Gasteiger partial charge >= 0.3 is 5.97 Å². The second-order valence-electron chi connectivity index (χ2n) is 9.87. The standard InChI is InChI=1S/C33H31N3O2.2ClH/c34-26-33(28-13-6-2-7-14-28,29-15-8-3-9-16-29)20-24-36-22-18-32(19-23-36,27-11-4-1-5-12-27)31(37)38-30-17-10-21-35-25-30;;/h1-17,21,25H,18-20,22-24H2;2*1H. The van der Waals surface area contributed by atoms with Crippen molar-refractivity contribution in [3.8, 4) is 11.8 Å². The Labute approximate surface area is 248 Å². The summed E-state index contributed by atoms with van der Waals surface area (Å²) in [5, 5.41) is 10.5. The molecule has 1 fully saturated rings. The van der Waals surface area contributed by atoms with E-state index < -0.39 is 10.8 Å². The van der Waals surface area contributed by atoms with Gasteiger partial charge in [-0.1, -0.05) is 91.0 Å². The van der Waals surface area contributed by atoms with E-state index in [-0.39, 0.29) is 30.8 Å². The van der Waals surface area contributed by atoms with E-state index in [0.29, 0.717) is 25.0 Å². The van der Waals surface area contributed by atoms with Crippen LogP contribution in [0.25, 0.3) is 0 Å². The summed E-state index contributed by atoms with van der Waals surface area (Å²) < 4.78 is 5.83. The predicted octanol–water partition coefficient (Wildman–Crippen LogP) is 6.76. The maximum absolute atomic E-state index is 13.6. The lowest BCUT2D eigenvalue weighted by Crippen LogP contribution is -2.49. The van der Waals surface area contributed by atoms with Crippen LogP contribution in [0.15, 0.2) is 116 Å². The Morgan fingerprint density at radius 3 is 1.90 bits per heavy atom. The third-order valence-electron chi connectivity index (χ3n) is 7.80. The molecule has 206 valence electrons. The Balaban J connectivity index is 0.00000220. The van der Waals surface area contributed by atoms with Gasteiger partial charge in [0.1, 0.15) is 11.2 Å². The number of benzene rings is 3. The molecule has 0 bridgehead atoms. The van der Waals surface area contributed by atoms with Gasteiger partial charge in [0.2, 0.25) is 0 Å². The summed E-state index contributed by atoms with van der Waals surface area (Å²) in [6.07, 6.45) is 5.18. The summed E-state index contributed by atoms with van der Waals surface area (Å²) in [6, 6.07) is 36.3. The summed E-state index contributed by atoms with van der Waals surface area (Å²) in [5.41, 5.74) is 1.52. The van der Waals surface area contributed by atoms with Crippen LogP contribution in [0.5, 0.6) is 5.75 Å². The van der Waals surface area contributed by atoms with Gasteiger partial charge in [-0.25, -0.2) is 0 Å². The molecule has 0 saturated carbocycles. The van der Waals surface area contributed by atoms with Crippen LogP contribution < -0.4 is 4.74 Å². The molecule has 1 saturated heterocycles. The Morgan fingerprint density at radius 1 is 0.850 bits per heavy atom. The van der Waals surface area contributed by atoms with Gasteiger partial charge in [0.15, 0.2) is 0 Å². The minimum absolute atomic E-state index is 0. The monoisotopic (exact) mass is 573 g/mol. The lowest BCUT2D eigenvalue weighted by Gasteiger charge is -2.41. The number of halogens is 2. The van der Waals surface area contributed by atoms with E-state index >= 15 is 0 Å². The summed E-state index contributed by atoms with van der Waals surface area (Å²) in [5.74, 6) is 0.219. The van der Waals surface area contributed by atoms with E-state index in [9.17, 15) is 10.1 Å². The number of esters is 1. The molecule has 5 rings (SSSR count). The van der Waals surface area contributed by atoms with Crippen LogP contribution in [0.2, 0.25) is 0 Å². The fourth-order valence-electron chi connectivity index (χ4n) is 5.55. The summed E-state index contributed by atoms with van der Waals surface area (Å²) >= 11 is 0. The Kier molecular flexibility index (Phi) is 10.9. The SMILES string of the molecule is Cl.Cl.N#CC(CCN1CCC(C(=O)Oc2cccnc2)(c2ccccc2)CC1)(c1ccccc1)c1ccccc1. The van der Waals surface area contributed by atoms with Crippen molar-refractivity contribution >= 4 is 30.8 Å². The van der Waals surface area contributed by atoms with Gasteiger partial charge in [0, 0.05) is 12.7 Å². The van der Waals surface area contributed by atoms with E-state index in [1.54, 1.807) is 24.5 Å². The minimum atomic E-state index is -0.740. The van der Waals surface area contributed by atoms with Crippen molar-refractivity contribution in [2.24, 2.45) is 0 Å². The molecule has 4 aromatic rings. The molecular formula is C33H33Cl2N3O2. The van der Waals surface area contributed by atoms with Crippen molar-refractivity contribution in [1.29, 1.82) is 5.26 Å². The number of ether oxygens (including phenoxy) is 1. The molecule has 1 aliphatic rings. The molecule has 0 unspecified atom stereocenters. The van der Waals surface area contributed by atoms with E-state index in [2.05, 4.69) is 16.0 Å². The zero-order valence-corrected chi connectivity index (χ0v) is 23.8. The highest BCUT2D eigenvalue weighted by molar-refractivity contribution is 5.86. The fraction of sp³-hybridized carbons (Fsp3) is 0.242. The number of nitriles is 1. The Hall–Kier alpha value is -3.69. The van der Waals surface area contributed by atoms with Crippen molar-refractivity contribution in [2.75, 3.05) is 19.6 Å². The molecule has 0 amide bonds. The predicted molar refractivity (Wildman–Crippen MR) is 162 cm³/mol. The number of piperidine rings is 1. The van der Waals surface area contributed by atoms with Crippen LogP contribution in [-0.2, 0) is 15.6 Å². The summed E-state index contributed by atoms with van der Waals surface area (Å²) in [7, 11) is 0. The third-order valence-corrected chi connectivity index (χ3v) is 7.80. The maximum Gasteiger partial charge on any atom is 0.322 e. The first-order valence-electron chi connectivity index (χ1n) is 13.1. The second kappa shape index (κ2) is 14.1. The van der Waals surface area contributed by atoms with Gasteiger partial charge in [-0.05, 0) is 61.2 Å². The third kappa shape index (κ3) is 6.37. The maximum atomic E-state index is 13.6. The topological polar surface area (TPSA) is 66.2 Å². The number of hydrogen-bond acceptors (Lipinski definition) is 5. The number of pyridine rings is 1. The molecule has 0 radical (unpaired) electrons. The van der Waals surface area contributed by atoms with E-state index in [1.807, 2.05) is 91.0 Å². The van der Waals surface area contributed by atoms with Gasteiger partial charge in [0.25, 0.3) is 0 Å². The van der Waals surface area contributed by atoms with Crippen molar-refractivity contribution in [3.05, 3.63) is 132 Å². The minimum Gasteiger partial charge on any atom is -0.424 e. The van der Waals surface area contributed by atoms with Gasteiger partial charge in [-0.15, -0.1) is 24.8 Å². The molecule has 3 aromatic carbocycles. The largest absolute Gasteiger partial charge is 0.424 e. The molecular weight excluding hydrogens is 541 g/mol. The zero-order chi connectivity index (χ0) is 26.3. The molecule has 7 heteroatoms. The van der Waals surface area contributed by atoms with Gasteiger partial charge in [0.05, 0.1) is 17.7 Å². The number of rotatable bonds is 8.